The van der Waals surface area contributed by atoms with Gasteiger partial charge in [-0.15, -0.1) is 0 Å². The molecule has 0 amide bonds. The Morgan fingerprint density at radius 3 is 2.75 bits per heavy atom. The molecule has 0 saturated heterocycles. The molecule has 1 aromatic rings. The largest absolute Gasteiger partial charge is 0.380 e. The van der Waals surface area contributed by atoms with Gasteiger partial charge in [-0.25, -0.2) is 13.1 Å². The number of rotatable bonds is 9. The molecule has 0 fully saturated rings. The van der Waals surface area contributed by atoms with Crippen molar-refractivity contribution in [1.82, 2.24) is 4.72 Å². The number of nitrogens with two attached hydrogens (primary N) is 1. The summed E-state index contributed by atoms with van der Waals surface area (Å²) in [7, 11) is -3.63. The number of benzene rings is 1. The summed E-state index contributed by atoms with van der Waals surface area (Å²) < 4.78 is 32.0. The molecular weight excluding hydrogens is 300 g/mol. The second kappa shape index (κ2) is 8.59. The minimum atomic E-state index is -3.63. The molecule has 20 heavy (non-hydrogen) atoms. The SMILES string of the molecule is CCCCOCCNS(=O)(=O)c1cc(CN)ccc1Cl. The van der Waals surface area contributed by atoms with Crippen LogP contribution in [0.4, 0.5) is 0 Å². The molecule has 0 aromatic heterocycles. The molecule has 0 saturated carbocycles. The average molecular weight is 321 g/mol. The zero-order valence-electron chi connectivity index (χ0n) is 11.6. The summed E-state index contributed by atoms with van der Waals surface area (Å²) in [5.41, 5.74) is 6.22. The standard InChI is InChI=1S/C13H21ClN2O3S/c1-2-3-7-19-8-6-16-20(17,18)13-9-11(10-15)4-5-12(13)14/h4-5,9,16H,2-3,6-8,10,15H2,1H3. The third-order valence-corrected chi connectivity index (χ3v) is 4.64. The second-order valence-electron chi connectivity index (χ2n) is 4.33. The van der Waals surface area contributed by atoms with Crippen LogP contribution in [0.15, 0.2) is 23.1 Å². The van der Waals surface area contributed by atoms with E-state index in [4.69, 9.17) is 22.1 Å². The predicted molar refractivity (Wildman–Crippen MR) is 80.3 cm³/mol. The Bertz CT molecular complexity index is 520. The van der Waals surface area contributed by atoms with E-state index in [2.05, 4.69) is 11.6 Å². The van der Waals surface area contributed by atoms with Crippen molar-refractivity contribution >= 4 is 21.6 Å². The molecule has 0 atom stereocenters. The van der Waals surface area contributed by atoms with Crippen LogP contribution in [0.5, 0.6) is 0 Å². The molecular formula is C13H21ClN2O3S. The molecule has 0 aliphatic rings. The minimum absolute atomic E-state index is 0.0516. The van der Waals surface area contributed by atoms with Gasteiger partial charge in [-0.3, -0.25) is 0 Å². The maximum absolute atomic E-state index is 12.1. The fourth-order valence-corrected chi connectivity index (χ4v) is 3.12. The van der Waals surface area contributed by atoms with Crippen molar-refractivity contribution in [2.45, 2.75) is 31.2 Å². The lowest BCUT2D eigenvalue weighted by Gasteiger charge is -2.10. The summed E-state index contributed by atoms with van der Waals surface area (Å²) >= 11 is 5.93. The van der Waals surface area contributed by atoms with Gasteiger partial charge >= 0.3 is 0 Å². The van der Waals surface area contributed by atoms with E-state index in [0.717, 1.165) is 12.8 Å². The van der Waals surface area contributed by atoms with E-state index in [-0.39, 0.29) is 23.0 Å². The van der Waals surface area contributed by atoms with Gasteiger partial charge in [0.1, 0.15) is 4.90 Å². The fourth-order valence-electron chi connectivity index (χ4n) is 1.56. The van der Waals surface area contributed by atoms with Crippen LogP contribution in [0.2, 0.25) is 5.02 Å². The van der Waals surface area contributed by atoms with E-state index >= 15 is 0 Å². The van der Waals surface area contributed by atoms with Crippen molar-refractivity contribution in [1.29, 1.82) is 0 Å². The number of sulfonamides is 1. The molecule has 0 radical (unpaired) electrons. The zero-order chi connectivity index (χ0) is 15.0. The summed E-state index contributed by atoms with van der Waals surface area (Å²) in [6.07, 6.45) is 2.02. The van der Waals surface area contributed by atoms with Crippen molar-refractivity contribution in [3.05, 3.63) is 28.8 Å². The molecule has 114 valence electrons. The fraction of sp³-hybridized carbons (Fsp3) is 0.538. The van der Waals surface area contributed by atoms with Crippen LogP contribution in [0.25, 0.3) is 0 Å². The Morgan fingerprint density at radius 1 is 1.35 bits per heavy atom. The van der Waals surface area contributed by atoms with E-state index < -0.39 is 10.0 Å². The number of halogens is 1. The van der Waals surface area contributed by atoms with Crippen LogP contribution in [0.3, 0.4) is 0 Å². The minimum Gasteiger partial charge on any atom is -0.380 e. The first-order chi connectivity index (χ1) is 9.51. The first kappa shape index (κ1) is 17.4. The molecule has 0 bridgehead atoms. The first-order valence-corrected chi connectivity index (χ1v) is 8.43. The van der Waals surface area contributed by atoms with Crippen LogP contribution in [-0.2, 0) is 21.3 Å². The van der Waals surface area contributed by atoms with Gasteiger partial charge in [0.25, 0.3) is 0 Å². The Kier molecular flexibility index (Phi) is 7.47. The number of hydrogen-bond acceptors (Lipinski definition) is 4. The number of ether oxygens (including phenoxy) is 1. The smallest absolute Gasteiger partial charge is 0.242 e. The molecule has 5 nitrogen and oxygen atoms in total. The van der Waals surface area contributed by atoms with E-state index in [0.29, 0.717) is 18.8 Å². The van der Waals surface area contributed by atoms with E-state index in [1.165, 1.54) is 12.1 Å². The monoisotopic (exact) mass is 320 g/mol. The molecule has 0 spiro atoms. The van der Waals surface area contributed by atoms with Gasteiger partial charge in [-0.1, -0.05) is 31.0 Å². The lowest BCUT2D eigenvalue weighted by molar-refractivity contribution is 0.136. The number of unbranched alkanes of at least 4 members (excludes halogenated alkanes) is 1. The van der Waals surface area contributed by atoms with E-state index in [1.807, 2.05) is 0 Å². The molecule has 0 aliphatic carbocycles. The molecule has 0 heterocycles. The second-order valence-corrected chi connectivity index (χ2v) is 6.48. The van der Waals surface area contributed by atoms with Crippen LogP contribution < -0.4 is 10.5 Å². The zero-order valence-corrected chi connectivity index (χ0v) is 13.1. The van der Waals surface area contributed by atoms with Gasteiger partial charge < -0.3 is 10.5 Å². The van der Waals surface area contributed by atoms with Gasteiger partial charge in [0.05, 0.1) is 11.6 Å². The highest BCUT2D eigenvalue weighted by Crippen LogP contribution is 2.22. The summed E-state index contributed by atoms with van der Waals surface area (Å²) in [6.45, 7) is 3.53. The van der Waals surface area contributed by atoms with Crippen LogP contribution in [0, 0.1) is 0 Å². The summed E-state index contributed by atoms with van der Waals surface area (Å²) in [6, 6.07) is 4.73. The topological polar surface area (TPSA) is 81.4 Å². The molecule has 7 heteroatoms. The Balaban J connectivity index is 2.60. The normalized spacial score (nSPS) is 11.8. The van der Waals surface area contributed by atoms with Gasteiger partial charge in [0.15, 0.2) is 0 Å². The summed E-state index contributed by atoms with van der Waals surface area (Å²) in [5, 5.41) is 0.182. The highest BCUT2D eigenvalue weighted by molar-refractivity contribution is 7.89. The van der Waals surface area contributed by atoms with Crippen molar-refractivity contribution < 1.29 is 13.2 Å². The van der Waals surface area contributed by atoms with Crippen molar-refractivity contribution in [2.24, 2.45) is 5.73 Å². The van der Waals surface area contributed by atoms with E-state index in [9.17, 15) is 8.42 Å². The van der Waals surface area contributed by atoms with Gasteiger partial charge in [0, 0.05) is 19.7 Å². The average Bonchev–Trinajstić information content (AvgIpc) is 2.43. The third kappa shape index (κ3) is 5.38. The lowest BCUT2D eigenvalue weighted by Crippen LogP contribution is -2.28. The third-order valence-electron chi connectivity index (χ3n) is 2.70. The molecule has 0 aliphatic heterocycles. The molecule has 0 unspecified atom stereocenters. The maximum Gasteiger partial charge on any atom is 0.242 e. The quantitative estimate of drug-likeness (QED) is 0.681. The molecule has 1 rings (SSSR count). The summed E-state index contributed by atoms with van der Waals surface area (Å²) in [5.74, 6) is 0. The van der Waals surface area contributed by atoms with Crippen LogP contribution >= 0.6 is 11.6 Å². The van der Waals surface area contributed by atoms with Crippen molar-refractivity contribution in [3.63, 3.8) is 0 Å². The van der Waals surface area contributed by atoms with Gasteiger partial charge in [0.2, 0.25) is 10.0 Å². The Morgan fingerprint density at radius 2 is 2.10 bits per heavy atom. The number of nitrogens with one attached hydrogen (secondary N) is 1. The maximum atomic E-state index is 12.1. The summed E-state index contributed by atoms with van der Waals surface area (Å²) in [4.78, 5) is 0.0516. The first-order valence-electron chi connectivity index (χ1n) is 6.57. The predicted octanol–water partition coefficient (Wildman–Crippen LogP) is 1.89. The van der Waals surface area contributed by atoms with Gasteiger partial charge in [-0.2, -0.15) is 0 Å². The highest BCUT2D eigenvalue weighted by Gasteiger charge is 2.17. The lowest BCUT2D eigenvalue weighted by atomic mass is 10.2. The van der Waals surface area contributed by atoms with Crippen molar-refractivity contribution in [2.75, 3.05) is 19.8 Å². The van der Waals surface area contributed by atoms with Gasteiger partial charge in [-0.05, 0) is 24.1 Å². The van der Waals surface area contributed by atoms with Crippen LogP contribution in [0.1, 0.15) is 25.3 Å². The Labute approximate surface area is 125 Å². The highest BCUT2D eigenvalue weighted by atomic mass is 35.5. The molecule has 1 aromatic carbocycles. The van der Waals surface area contributed by atoms with Crippen LogP contribution in [-0.4, -0.2) is 28.2 Å². The Hall–Kier alpha value is -0.660. The number of hydrogen-bond donors (Lipinski definition) is 2. The molecule has 3 N–H and O–H groups in total. The van der Waals surface area contributed by atoms with Crippen molar-refractivity contribution in [3.8, 4) is 0 Å². The van der Waals surface area contributed by atoms with E-state index in [1.54, 1.807) is 6.07 Å².